The Kier molecular flexibility index (Phi) is 11.2. The molecule has 2 heterocycles. The number of benzene rings is 1. The molecule has 0 unspecified atom stereocenters. The van der Waals surface area contributed by atoms with Gasteiger partial charge in [0.05, 0.1) is 5.69 Å². The average Bonchev–Trinajstić information content (AvgIpc) is 3.30. The summed E-state index contributed by atoms with van der Waals surface area (Å²) in [7, 11) is 0. The molecule has 2 N–H and O–H groups in total. The molecule has 6 nitrogen and oxygen atoms in total. The van der Waals surface area contributed by atoms with Gasteiger partial charge in [-0.1, -0.05) is 19.1 Å². The number of aliphatic imine (C=N–C) groups is 1. The molecule has 1 saturated heterocycles. The Morgan fingerprint density at radius 1 is 1.13 bits per heavy atom. The lowest BCUT2D eigenvalue weighted by Crippen LogP contribution is -2.38. The number of hydrogen-bond donors (Lipinski definition) is 2. The fraction of sp³-hybridized carbons (Fsp3) is 0.565. The molecule has 0 saturated carbocycles. The molecule has 7 heteroatoms. The first-order chi connectivity index (χ1) is 14.3. The summed E-state index contributed by atoms with van der Waals surface area (Å²) in [6.07, 6.45) is 8.57. The summed E-state index contributed by atoms with van der Waals surface area (Å²) in [5.74, 6) is 1.77. The van der Waals surface area contributed by atoms with Gasteiger partial charge in [-0.2, -0.15) is 5.10 Å². The van der Waals surface area contributed by atoms with Crippen LogP contribution < -0.4 is 10.6 Å². The van der Waals surface area contributed by atoms with Crippen LogP contribution in [0.25, 0.3) is 5.69 Å². The molecule has 0 bridgehead atoms. The molecule has 0 spiro atoms. The highest BCUT2D eigenvalue weighted by atomic mass is 127. The lowest BCUT2D eigenvalue weighted by atomic mass is 9.94. The summed E-state index contributed by atoms with van der Waals surface area (Å²) in [5.41, 5.74) is 2.40. The lowest BCUT2D eigenvalue weighted by Gasteiger charge is -2.30. The summed E-state index contributed by atoms with van der Waals surface area (Å²) >= 11 is 0. The second-order valence-electron chi connectivity index (χ2n) is 7.72. The number of halogens is 1. The third-order valence-electron chi connectivity index (χ3n) is 5.72. The molecule has 0 amide bonds. The quantitative estimate of drug-likeness (QED) is 0.299. The van der Waals surface area contributed by atoms with E-state index in [-0.39, 0.29) is 24.0 Å². The minimum Gasteiger partial charge on any atom is -0.357 e. The van der Waals surface area contributed by atoms with E-state index < -0.39 is 0 Å². The molecule has 3 rings (SSSR count). The van der Waals surface area contributed by atoms with Crippen LogP contribution in [0.4, 0.5) is 0 Å². The van der Waals surface area contributed by atoms with Gasteiger partial charge in [0.1, 0.15) is 0 Å². The number of aromatic nitrogens is 2. The van der Waals surface area contributed by atoms with Gasteiger partial charge in [0.15, 0.2) is 5.96 Å². The maximum atomic E-state index is 4.80. The highest BCUT2D eigenvalue weighted by Gasteiger charge is 2.17. The monoisotopic (exact) mass is 524 g/mol. The van der Waals surface area contributed by atoms with Gasteiger partial charge in [-0.25, -0.2) is 4.68 Å². The third kappa shape index (κ3) is 7.91. The first-order valence-corrected chi connectivity index (χ1v) is 11.1. The molecule has 1 aromatic heterocycles. The second kappa shape index (κ2) is 13.6. The average molecular weight is 524 g/mol. The zero-order valence-corrected chi connectivity index (χ0v) is 20.7. The predicted octanol–water partition coefficient (Wildman–Crippen LogP) is 3.71. The fourth-order valence-corrected chi connectivity index (χ4v) is 3.85. The van der Waals surface area contributed by atoms with E-state index in [0.717, 1.165) is 43.6 Å². The first kappa shape index (κ1) is 24.7. The minimum atomic E-state index is 0. The Morgan fingerprint density at radius 2 is 1.90 bits per heavy atom. The van der Waals surface area contributed by atoms with Crippen molar-refractivity contribution < 1.29 is 0 Å². The van der Waals surface area contributed by atoms with E-state index in [4.69, 9.17) is 4.99 Å². The zero-order valence-electron chi connectivity index (χ0n) is 18.4. The molecule has 0 radical (unpaired) electrons. The fourth-order valence-electron chi connectivity index (χ4n) is 3.85. The van der Waals surface area contributed by atoms with Gasteiger partial charge in [0.2, 0.25) is 0 Å². The van der Waals surface area contributed by atoms with Crippen molar-refractivity contribution in [2.24, 2.45) is 10.9 Å². The normalized spacial score (nSPS) is 15.6. The van der Waals surface area contributed by atoms with Crippen molar-refractivity contribution in [1.29, 1.82) is 0 Å². The molecule has 1 aromatic carbocycles. The number of nitrogens with zero attached hydrogens (tertiary/aromatic N) is 4. The smallest absolute Gasteiger partial charge is 0.191 e. The number of rotatable bonds is 9. The number of hydrogen-bond acceptors (Lipinski definition) is 3. The molecule has 2 aromatic rings. The number of guanidine groups is 1. The van der Waals surface area contributed by atoms with Gasteiger partial charge in [-0.3, -0.25) is 4.99 Å². The van der Waals surface area contributed by atoms with Crippen molar-refractivity contribution in [3.05, 3.63) is 48.3 Å². The molecule has 1 aliphatic rings. The molecule has 1 aliphatic heterocycles. The SMILES string of the molecule is CCNC(=NCCC1CCN(CC)CC1)NCCc1ccc(-n2cccn2)cc1.I. The molecule has 0 aliphatic carbocycles. The molecule has 0 atom stereocenters. The Bertz CT molecular complexity index is 721. The van der Waals surface area contributed by atoms with Crippen LogP contribution in [0.15, 0.2) is 47.7 Å². The first-order valence-electron chi connectivity index (χ1n) is 11.1. The van der Waals surface area contributed by atoms with Crippen LogP contribution >= 0.6 is 24.0 Å². The van der Waals surface area contributed by atoms with Crippen molar-refractivity contribution >= 4 is 29.9 Å². The molecular weight excluding hydrogens is 487 g/mol. The summed E-state index contributed by atoms with van der Waals surface area (Å²) in [4.78, 5) is 7.34. The van der Waals surface area contributed by atoms with Crippen LogP contribution in [0, 0.1) is 5.92 Å². The van der Waals surface area contributed by atoms with Crippen LogP contribution in [0.3, 0.4) is 0 Å². The summed E-state index contributed by atoms with van der Waals surface area (Å²) < 4.78 is 1.88. The topological polar surface area (TPSA) is 57.5 Å². The lowest BCUT2D eigenvalue weighted by molar-refractivity contribution is 0.188. The zero-order chi connectivity index (χ0) is 20.3. The molecule has 1 fully saturated rings. The van der Waals surface area contributed by atoms with Gasteiger partial charge in [-0.15, -0.1) is 24.0 Å². The third-order valence-corrected chi connectivity index (χ3v) is 5.72. The standard InChI is InChI=1S/C23H36N6.HI/c1-3-24-23(26-16-11-21-12-18-28(4-2)19-13-21)25-15-10-20-6-8-22(9-7-20)29-17-5-14-27-29;/h5-9,14,17,21H,3-4,10-13,15-16,18-19H2,1-2H3,(H2,24,25,26);1H. The van der Waals surface area contributed by atoms with E-state index in [1.165, 1.54) is 44.5 Å². The van der Waals surface area contributed by atoms with Crippen molar-refractivity contribution in [3.63, 3.8) is 0 Å². The largest absolute Gasteiger partial charge is 0.357 e. The van der Waals surface area contributed by atoms with Crippen LogP contribution in [0.1, 0.15) is 38.7 Å². The summed E-state index contributed by atoms with van der Waals surface area (Å²) in [5, 5.41) is 11.1. The number of piperidine rings is 1. The van der Waals surface area contributed by atoms with E-state index >= 15 is 0 Å². The van der Waals surface area contributed by atoms with E-state index in [0.29, 0.717) is 0 Å². The van der Waals surface area contributed by atoms with Crippen LogP contribution in [-0.4, -0.2) is 59.9 Å². The van der Waals surface area contributed by atoms with E-state index in [1.54, 1.807) is 6.20 Å². The highest BCUT2D eigenvalue weighted by Crippen LogP contribution is 2.20. The predicted molar refractivity (Wildman–Crippen MR) is 136 cm³/mol. The van der Waals surface area contributed by atoms with Crippen molar-refractivity contribution in [2.75, 3.05) is 39.3 Å². The van der Waals surface area contributed by atoms with Crippen LogP contribution in [0.5, 0.6) is 0 Å². The van der Waals surface area contributed by atoms with Gasteiger partial charge < -0.3 is 15.5 Å². The highest BCUT2D eigenvalue weighted by molar-refractivity contribution is 14.0. The Hall–Kier alpha value is -1.61. The molecular formula is C23H37IN6. The van der Waals surface area contributed by atoms with E-state index in [9.17, 15) is 0 Å². The summed E-state index contributed by atoms with van der Waals surface area (Å²) in [6, 6.07) is 10.5. The van der Waals surface area contributed by atoms with E-state index in [2.05, 4.69) is 58.7 Å². The second-order valence-corrected chi connectivity index (χ2v) is 7.72. The number of likely N-dealkylation sites (tertiary alicyclic amines) is 1. The number of nitrogens with one attached hydrogen (secondary N) is 2. The minimum absolute atomic E-state index is 0. The summed E-state index contributed by atoms with van der Waals surface area (Å²) in [6.45, 7) is 10.7. The maximum absolute atomic E-state index is 4.80. The van der Waals surface area contributed by atoms with Gasteiger partial charge in [-0.05, 0) is 81.9 Å². The van der Waals surface area contributed by atoms with Crippen molar-refractivity contribution in [2.45, 2.75) is 39.5 Å². The Labute approximate surface area is 198 Å². The van der Waals surface area contributed by atoms with Crippen LogP contribution in [-0.2, 0) is 6.42 Å². The van der Waals surface area contributed by atoms with Gasteiger partial charge in [0.25, 0.3) is 0 Å². The van der Waals surface area contributed by atoms with Crippen LogP contribution in [0.2, 0.25) is 0 Å². The Balaban J connectivity index is 0.00000320. The molecule has 166 valence electrons. The van der Waals surface area contributed by atoms with Crippen molar-refractivity contribution in [3.8, 4) is 5.69 Å². The molecule has 30 heavy (non-hydrogen) atoms. The Morgan fingerprint density at radius 3 is 2.53 bits per heavy atom. The van der Waals surface area contributed by atoms with Gasteiger partial charge >= 0.3 is 0 Å². The van der Waals surface area contributed by atoms with E-state index in [1.807, 2.05) is 16.9 Å². The van der Waals surface area contributed by atoms with Crippen molar-refractivity contribution in [1.82, 2.24) is 25.3 Å². The maximum Gasteiger partial charge on any atom is 0.191 e. The van der Waals surface area contributed by atoms with Gasteiger partial charge in [0, 0.05) is 32.0 Å².